The number of hydrogen-bond donors (Lipinski definition) is 0. The zero-order valence-corrected chi connectivity index (χ0v) is 17.2. The molecule has 0 N–H and O–H groups in total. The highest BCUT2D eigenvalue weighted by atomic mass is 79.9. The van der Waals surface area contributed by atoms with Crippen molar-refractivity contribution in [3.8, 4) is 11.1 Å². The first-order valence-corrected chi connectivity index (χ1v) is 10.4. The topological polar surface area (TPSA) is 33.5 Å². The molecule has 5 rings (SSSR count). The van der Waals surface area contributed by atoms with Crippen molar-refractivity contribution in [2.24, 2.45) is 11.8 Å². The largest absolute Gasteiger partial charge is 0.422 e. The normalized spacial score (nSPS) is 21.4. The molecule has 0 bridgehead atoms. The first kappa shape index (κ1) is 17.1. The van der Waals surface area contributed by atoms with Gasteiger partial charge >= 0.3 is 5.63 Å². The number of halogens is 1. The van der Waals surface area contributed by atoms with E-state index in [-0.39, 0.29) is 5.63 Å². The molecule has 2 aliphatic rings. The molecule has 2 aromatic carbocycles. The molecule has 3 nitrogen and oxygen atoms in total. The van der Waals surface area contributed by atoms with Crippen molar-refractivity contribution in [3.63, 3.8) is 0 Å². The number of benzene rings is 2. The molecule has 0 saturated heterocycles. The molecule has 1 aromatic heterocycles. The molecule has 2 atom stereocenters. The smallest absolute Gasteiger partial charge is 0.344 e. The molecule has 0 radical (unpaired) electrons. The van der Waals surface area contributed by atoms with E-state index in [0.717, 1.165) is 46.9 Å². The van der Waals surface area contributed by atoms with Crippen molar-refractivity contribution in [2.45, 2.75) is 26.7 Å². The Morgan fingerprint density at radius 2 is 1.74 bits per heavy atom. The summed E-state index contributed by atoms with van der Waals surface area (Å²) in [6.07, 6.45) is 2.07. The summed E-state index contributed by atoms with van der Waals surface area (Å²) in [6, 6.07) is 12.1. The third-order valence-electron chi connectivity index (χ3n) is 5.83. The fourth-order valence-corrected chi connectivity index (χ4v) is 5.08. The van der Waals surface area contributed by atoms with Gasteiger partial charge in [0.05, 0.1) is 5.56 Å². The quantitative estimate of drug-likeness (QED) is 0.490. The zero-order chi connectivity index (χ0) is 18.7. The first-order chi connectivity index (χ1) is 13.0. The highest BCUT2D eigenvalue weighted by Gasteiger charge is 2.32. The number of fused-ring (bicyclic) bond motifs is 2. The van der Waals surface area contributed by atoms with Crippen molar-refractivity contribution >= 4 is 32.6 Å². The van der Waals surface area contributed by atoms with Gasteiger partial charge in [0.15, 0.2) is 0 Å². The summed E-state index contributed by atoms with van der Waals surface area (Å²) in [5, 5.41) is 1.05. The highest BCUT2D eigenvalue weighted by Crippen LogP contribution is 2.42. The van der Waals surface area contributed by atoms with Gasteiger partial charge in [-0.05, 0) is 60.1 Å². The minimum absolute atomic E-state index is 0.255. The minimum atomic E-state index is -0.255. The lowest BCUT2D eigenvalue weighted by molar-refractivity contribution is 0.459. The van der Waals surface area contributed by atoms with E-state index in [1.807, 2.05) is 30.3 Å². The number of rotatable bonds is 1. The molecule has 0 saturated carbocycles. The van der Waals surface area contributed by atoms with Gasteiger partial charge in [0.1, 0.15) is 5.58 Å². The van der Waals surface area contributed by atoms with E-state index < -0.39 is 0 Å². The van der Waals surface area contributed by atoms with Crippen LogP contribution in [0.3, 0.4) is 0 Å². The lowest BCUT2D eigenvalue weighted by Crippen LogP contribution is -2.41. The number of nitrogens with zero attached hydrogens (tertiary/aromatic N) is 1. The van der Waals surface area contributed by atoms with Crippen LogP contribution in [0.25, 0.3) is 22.1 Å². The maximum absolute atomic E-state index is 12.8. The predicted octanol–water partition coefficient (Wildman–Crippen LogP) is 5.41. The summed E-state index contributed by atoms with van der Waals surface area (Å²) in [7, 11) is 0. The average molecular weight is 424 g/mol. The van der Waals surface area contributed by atoms with Crippen LogP contribution in [0.2, 0.25) is 0 Å². The molecule has 2 aliphatic heterocycles. The van der Waals surface area contributed by atoms with E-state index in [0.29, 0.717) is 17.4 Å². The summed E-state index contributed by atoms with van der Waals surface area (Å²) in [5.41, 5.74) is 6.01. The van der Waals surface area contributed by atoms with Gasteiger partial charge in [-0.15, -0.1) is 0 Å². The number of anilines is 1. The van der Waals surface area contributed by atoms with Gasteiger partial charge in [-0.3, -0.25) is 0 Å². The maximum Gasteiger partial charge on any atom is 0.344 e. The molecular weight excluding hydrogens is 402 g/mol. The van der Waals surface area contributed by atoms with Crippen molar-refractivity contribution in [1.29, 1.82) is 0 Å². The Kier molecular flexibility index (Phi) is 3.94. The van der Waals surface area contributed by atoms with Gasteiger partial charge in [-0.1, -0.05) is 41.9 Å². The first-order valence-electron chi connectivity index (χ1n) is 9.63. The number of hydrogen-bond acceptors (Lipinski definition) is 3. The molecule has 0 spiro atoms. The third-order valence-corrected chi connectivity index (χ3v) is 6.36. The van der Waals surface area contributed by atoms with E-state index >= 15 is 0 Å². The SMILES string of the molecule is CC1Cc2cc3cc(-c4ccc(Br)cc4)c(=O)oc3c3c2N(C1)CC(C)C3. The van der Waals surface area contributed by atoms with Gasteiger partial charge in [-0.25, -0.2) is 4.79 Å². The van der Waals surface area contributed by atoms with Gasteiger partial charge < -0.3 is 9.32 Å². The van der Waals surface area contributed by atoms with E-state index in [1.54, 1.807) is 0 Å². The highest BCUT2D eigenvalue weighted by molar-refractivity contribution is 9.10. The molecule has 0 aliphatic carbocycles. The van der Waals surface area contributed by atoms with Gasteiger partial charge in [0, 0.05) is 34.2 Å². The van der Waals surface area contributed by atoms with E-state index in [2.05, 4.69) is 40.7 Å². The molecule has 0 amide bonds. The van der Waals surface area contributed by atoms with E-state index in [9.17, 15) is 4.79 Å². The van der Waals surface area contributed by atoms with Gasteiger partial charge in [0.25, 0.3) is 0 Å². The van der Waals surface area contributed by atoms with Gasteiger partial charge in [-0.2, -0.15) is 0 Å². The molecular formula is C23H22BrNO2. The summed E-state index contributed by atoms with van der Waals surface area (Å²) in [6.45, 7) is 6.80. The van der Waals surface area contributed by atoms with Crippen LogP contribution >= 0.6 is 15.9 Å². The third kappa shape index (κ3) is 2.82. The van der Waals surface area contributed by atoms with E-state index in [4.69, 9.17) is 4.42 Å². The standard InChI is InChI=1S/C23H22BrNO2/c1-13-7-16-9-17-10-19(15-3-5-18(24)6-4-15)23(26)27-22(17)20-8-14(2)12-25(11-13)21(16)20/h3-6,9-10,13-14H,7-8,11-12H2,1-2H3. The molecule has 138 valence electrons. The van der Waals surface area contributed by atoms with Crippen molar-refractivity contribution in [1.82, 2.24) is 0 Å². The van der Waals surface area contributed by atoms with Crippen LogP contribution in [0.1, 0.15) is 25.0 Å². The van der Waals surface area contributed by atoms with Crippen LogP contribution in [0.15, 0.2) is 50.1 Å². The van der Waals surface area contributed by atoms with Crippen LogP contribution < -0.4 is 10.5 Å². The molecule has 3 heterocycles. The lowest BCUT2D eigenvalue weighted by Gasteiger charge is -2.41. The summed E-state index contributed by atoms with van der Waals surface area (Å²) in [5.74, 6) is 1.22. The zero-order valence-electron chi connectivity index (χ0n) is 15.6. The Labute approximate surface area is 167 Å². The second-order valence-corrected chi connectivity index (χ2v) is 9.17. The monoisotopic (exact) mass is 423 g/mol. The Balaban J connectivity index is 1.76. The lowest BCUT2D eigenvalue weighted by atomic mass is 9.83. The van der Waals surface area contributed by atoms with Crippen LogP contribution in [0.4, 0.5) is 5.69 Å². The van der Waals surface area contributed by atoms with Crippen molar-refractivity contribution < 1.29 is 4.42 Å². The van der Waals surface area contributed by atoms with Crippen LogP contribution in [-0.2, 0) is 12.8 Å². The second kappa shape index (κ2) is 6.23. The molecule has 3 aromatic rings. The molecule has 27 heavy (non-hydrogen) atoms. The summed E-state index contributed by atoms with van der Waals surface area (Å²) in [4.78, 5) is 15.3. The van der Waals surface area contributed by atoms with E-state index in [1.165, 1.54) is 16.8 Å². The summed E-state index contributed by atoms with van der Waals surface area (Å²) >= 11 is 3.45. The Morgan fingerprint density at radius 1 is 1.04 bits per heavy atom. The van der Waals surface area contributed by atoms with Crippen molar-refractivity contribution in [3.05, 3.63) is 62.4 Å². The molecule has 4 heteroatoms. The van der Waals surface area contributed by atoms with Crippen molar-refractivity contribution in [2.75, 3.05) is 18.0 Å². The fraction of sp³-hybridized carbons (Fsp3) is 0.348. The minimum Gasteiger partial charge on any atom is -0.422 e. The molecule has 0 fully saturated rings. The Bertz CT molecular complexity index is 1100. The molecule has 2 unspecified atom stereocenters. The second-order valence-electron chi connectivity index (χ2n) is 8.26. The maximum atomic E-state index is 12.8. The van der Waals surface area contributed by atoms with Crippen LogP contribution in [-0.4, -0.2) is 13.1 Å². The van der Waals surface area contributed by atoms with Gasteiger partial charge in [0.2, 0.25) is 0 Å². The Hall–Kier alpha value is -2.07. The average Bonchev–Trinajstić information content (AvgIpc) is 2.62. The van der Waals surface area contributed by atoms with Crippen LogP contribution in [0, 0.1) is 11.8 Å². The van der Waals surface area contributed by atoms with Crippen LogP contribution in [0.5, 0.6) is 0 Å². The summed E-state index contributed by atoms with van der Waals surface area (Å²) < 4.78 is 6.93. The predicted molar refractivity (Wildman–Crippen MR) is 114 cm³/mol. The fourth-order valence-electron chi connectivity index (χ4n) is 4.82. The Morgan fingerprint density at radius 3 is 2.48 bits per heavy atom.